The van der Waals surface area contributed by atoms with E-state index < -0.39 is 16.6 Å². The molecule has 1 heterocycles. The molecule has 1 aromatic heterocycles. The van der Waals surface area contributed by atoms with Gasteiger partial charge in [-0.15, -0.1) is 11.3 Å². The van der Waals surface area contributed by atoms with E-state index in [9.17, 15) is 20.0 Å². The lowest BCUT2D eigenvalue weighted by Gasteiger charge is -2.07. The fraction of sp³-hybridized carbons (Fsp3) is 0.231. The third-order valence-corrected chi connectivity index (χ3v) is 3.65. The van der Waals surface area contributed by atoms with E-state index >= 15 is 0 Å². The molecule has 0 spiro atoms. The van der Waals surface area contributed by atoms with Crippen LogP contribution in [-0.2, 0) is 13.1 Å². The molecule has 2 N–H and O–H groups in total. The summed E-state index contributed by atoms with van der Waals surface area (Å²) in [4.78, 5) is 25.7. The molecule has 0 fully saturated rings. The van der Waals surface area contributed by atoms with Crippen LogP contribution in [0.1, 0.15) is 26.6 Å². The Morgan fingerprint density at radius 2 is 2.24 bits per heavy atom. The lowest BCUT2D eigenvalue weighted by atomic mass is 10.1. The molecule has 21 heavy (non-hydrogen) atoms. The molecule has 2 rings (SSSR count). The summed E-state index contributed by atoms with van der Waals surface area (Å²) in [6.45, 7) is 2.60. The van der Waals surface area contributed by atoms with E-state index in [1.54, 1.807) is 6.07 Å². The lowest BCUT2D eigenvalue weighted by Crippen LogP contribution is -2.16. The number of hydrogen-bond donors (Lipinski definition) is 2. The molecule has 7 nitrogen and oxygen atoms in total. The number of aromatic nitrogens is 1. The predicted molar refractivity (Wildman–Crippen MR) is 77.5 cm³/mol. The van der Waals surface area contributed by atoms with Gasteiger partial charge < -0.3 is 10.4 Å². The molecule has 0 amide bonds. The number of benzene rings is 1. The molecule has 0 radical (unpaired) electrons. The maximum absolute atomic E-state index is 11.2. The maximum atomic E-state index is 11.2. The second-order valence-electron chi connectivity index (χ2n) is 4.33. The van der Waals surface area contributed by atoms with E-state index in [1.165, 1.54) is 23.5 Å². The summed E-state index contributed by atoms with van der Waals surface area (Å²) in [7, 11) is 0. The molecule has 0 bridgehead atoms. The van der Waals surface area contributed by atoms with Gasteiger partial charge >= 0.3 is 5.97 Å². The highest BCUT2D eigenvalue weighted by molar-refractivity contribution is 7.09. The molecule has 0 saturated carbocycles. The van der Waals surface area contributed by atoms with Crippen LogP contribution in [0.4, 0.5) is 5.69 Å². The summed E-state index contributed by atoms with van der Waals surface area (Å²) in [5.74, 6) is -1.30. The van der Waals surface area contributed by atoms with E-state index in [1.807, 2.05) is 12.3 Å². The van der Waals surface area contributed by atoms with Gasteiger partial charge in [-0.3, -0.25) is 10.1 Å². The van der Waals surface area contributed by atoms with Crippen molar-refractivity contribution >= 4 is 23.0 Å². The number of nitro groups is 1. The van der Waals surface area contributed by atoms with Gasteiger partial charge in [-0.05, 0) is 12.5 Å². The van der Waals surface area contributed by atoms with Crippen LogP contribution >= 0.6 is 11.3 Å². The van der Waals surface area contributed by atoms with Gasteiger partial charge in [0.05, 0.1) is 15.6 Å². The molecular weight excluding hydrogens is 294 g/mol. The Kier molecular flexibility index (Phi) is 4.61. The monoisotopic (exact) mass is 307 g/mol. The van der Waals surface area contributed by atoms with Crippen LogP contribution in [0.15, 0.2) is 23.6 Å². The number of aryl methyl sites for hydroxylation is 1. The van der Waals surface area contributed by atoms with Crippen LogP contribution in [0.2, 0.25) is 0 Å². The van der Waals surface area contributed by atoms with Crippen LogP contribution < -0.4 is 5.32 Å². The molecule has 1 aromatic carbocycles. The zero-order valence-corrected chi connectivity index (χ0v) is 12.0. The average Bonchev–Trinajstić information content (AvgIpc) is 2.83. The normalized spacial score (nSPS) is 10.5. The fourth-order valence-electron chi connectivity index (χ4n) is 1.95. The van der Waals surface area contributed by atoms with Crippen molar-refractivity contribution in [1.82, 2.24) is 10.3 Å². The van der Waals surface area contributed by atoms with Gasteiger partial charge in [0, 0.05) is 24.5 Å². The number of carboxylic acid groups (broad SMARTS) is 1. The molecule has 0 aliphatic heterocycles. The predicted octanol–water partition coefficient (Wildman–Crippen LogP) is 2.35. The number of nitro benzene ring substituents is 1. The largest absolute Gasteiger partial charge is 0.477 e. The van der Waals surface area contributed by atoms with Gasteiger partial charge in [0.15, 0.2) is 0 Å². The Morgan fingerprint density at radius 3 is 2.81 bits per heavy atom. The molecule has 0 unspecified atom stereocenters. The number of hydrogen-bond acceptors (Lipinski definition) is 6. The first kappa shape index (κ1) is 15.1. The van der Waals surface area contributed by atoms with Crippen molar-refractivity contribution in [3.8, 4) is 0 Å². The summed E-state index contributed by atoms with van der Waals surface area (Å²) >= 11 is 1.53. The van der Waals surface area contributed by atoms with Gasteiger partial charge in [0.2, 0.25) is 0 Å². The van der Waals surface area contributed by atoms with Crippen LogP contribution in [-0.4, -0.2) is 21.0 Å². The molecular formula is C13H13N3O4S. The van der Waals surface area contributed by atoms with E-state index in [2.05, 4.69) is 10.3 Å². The van der Waals surface area contributed by atoms with Crippen molar-refractivity contribution in [2.24, 2.45) is 0 Å². The number of carboxylic acids is 1. The van der Waals surface area contributed by atoms with Crippen molar-refractivity contribution in [3.63, 3.8) is 0 Å². The summed E-state index contributed by atoms with van der Waals surface area (Å²) in [5, 5.41) is 26.0. The molecule has 0 saturated heterocycles. The van der Waals surface area contributed by atoms with E-state index in [0.717, 1.165) is 10.7 Å². The van der Waals surface area contributed by atoms with Crippen LogP contribution in [0.5, 0.6) is 0 Å². The second-order valence-corrected chi connectivity index (χ2v) is 5.40. The molecule has 8 heteroatoms. The Morgan fingerprint density at radius 1 is 1.48 bits per heavy atom. The summed E-state index contributed by atoms with van der Waals surface area (Å²) in [6, 6.07) is 4.24. The van der Waals surface area contributed by atoms with Crippen molar-refractivity contribution in [2.45, 2.75) is 20.0 Å². The van der Waals surface area contributed by atoms with E-state index in [-0.39, 0.29) is 12.1 Å². The van der Waals surface area contributed by atoms with Crippen molar-refractivity contribution < 1.29 is 14.8 Å². The minimum Gasteiger partial charge on any atom is -0.477 e. The first-order valence-electron chi connectivity index (χ1n) is 6.10. The lowest BCUT2D eigenvalue weighted by molar-refractivity contribution is -0.385. The molecule has 0 aliphatic carbocycles. The number of rotatable bonds is 6. The molecule has 2 aromatic rings. The molecule has 0 atom stereocenters. The Bertz CT molecular complexity index is 684. The van der Waals surface area contributed by atoms with Crippen molar-refractivity contribution in [2.75, 3.05) is 0 Å². The van der Waals surface area contributed by atoms with Gasteiger partial charge in [0.1, 0.15) is 5.56 Å². The minimum atomic E-state index is -1.30. The first-order valence-corrected chi connectivity index (χ1v) is 6.98. The van der Waals surface area contributed by atoms with Crippen LogP contribution in [0.25, 0.3) is 0 Å². The molecule has 110 valence electrons. The van der Waals surface area contributed by atoms with Gasteiger partial charge in [-0.2, -0.15) is 0 Å². The van der Waals surface area contributed by atoms with E-state index in [4.69, 9.17) is 0 Å². The number of nitrogens with zero attached hydrogens (tertiary/aromatic N) is 2. The highest BCUT2D eigenvalue weighted by atomic mass is 32.1. The number of nitrogens with one attached hydrogen (secondary N) is 1. The minimum absolute atomic E-state index is 0.222. The van der Waals surface area contributed by atoms with E-state index in [0.29, 0.717) is 12.1 Å². The SMILES string of the molecule is Cc1nc(CNCc2cccc([N+](=O)[O-])c2C(=O)O)cs1. The summed E-state index contributed by atoms with van der Waals surface area (Å²) < 4.78 is 0. The Balaban J connectivity index is 2.14. The first-order chi connectivity index (χ1) is 9.99. The topological polar surface area (TPSA) is 105 Å². The molecule has 0 aliphatic rings. The number of thiazole rings is 1. The van der Waals surface area contributed by atoms with Crippen molar-refractivity contribution in [3.05, 3.63) is 55.5 Å². The van der Waals surface area contributed by atoms with Crippen LogP contribution in [0, 0.1) is 17.0 Å². The summed E-state index contributed by atoms with van der Waals surface area (Å²) in [5.41, 5.74) is 0.569. The quantitative estimate of drug-likeness (QED) is 0.627. The van der Waals surface area contributed by atoms with Gasteiger partial charge in [-0.25, -0.2) is 9.78 Å². The highest BCUT2D eigenvalue weighted by Crippen LogP contribution is 2.22. The van der Waals surface area contributed by atoms with Gasteiger partial charge in [-0.1, -0.05) is 12.1 Å². The zero-order valence-electron chi connectivity index (χ0n) is 11.2. The smallest absolute Gasteiger partial charge is 0.343 e. The maximum Gasteiger partial charge on any atom is 0.343 e. The van der Waals surface area contributed by atoms with Gasteiger partial charge in [0.25, 0.3) is 5.69 Å². The highest BCUT2D eigenvalue weighted by Gasteiger charge is 2.22. The number of carbonyl (C=O) groups is 1. The average molecular weight is 307 g/mol. The zero-order chi connectivity index (χ0) is 15.4. The third-order valence-electron chi connectivity index (χ3n) is 2.83. The summed E-state index contributed by atoms with van der Waals surface area (Å²) in [6.07, 6.45) is 0. The standard InChI is InChI=1S/C13H13N3O4S/c1-8-15-10(7-21-8)6-14-5-9-3-2-4-11(16(19)20)12(9)13(17)18/h2-4,7,14H,5-6H2,1H3,(H,17,18). The van der Waals surface area contributed by atoms with Crippen molar-refractivity contribution in [1.29, 1.82) is 0 Å². The number of aromatic carboxylic acids is 1. The Hall–Kier alpha value is -2.32. The Labute approximate surface area is 124 Å². The third kappa shape index (κ3) is 3.61. The van der Waals surface area contributed by atoms with Crippen LogP contribution in [0.3, 0.4) is 0 Å². The second kappa shape index (κ2) is 6.42. The fourth-order valence-corrected chi connectivity index (χ4v) is 2.56.